The lowest BCUT2D eigenvalue weighted by Crippen LogP contribution is -2.19. The van der Waals surface area contributed by atoms with Crippen LogP contribution in [0.2, 0.25) is 0 Å². The lowest BCUT2D eigenvalue weighted by atomic mass is 10.0. The molecule has 0 spiro atoms. The molecule has 1 heterocycles. The van der Waals surface area contributed by atoms with Gasteiger partial charge in [0.1, 0.15) is 0 Å². The zero-order valence-electron chi connectivity index (χ0n) is 11.9. The molecule has 1 N–H and O–H groups in total. The fraction of sp³-hybridized carbons (Fsp3) is 0.211. The summed E-state index contributed by atoms with van der Waals surface area (Å²) >= 11 is 0. The Balaban J connectivity index is 1.57. The molecule has 1 atom stereocenters. The number of fused-ring (bicyclic) bond motifs is 2. The van der Waals surface area contributed by atoms with Crippen molar-refractivity contribution in [2.75, 3.05) is 0 Å². The number of aromatic nitrogens is 1. The molecule has 0 amide bonds. The minimum atomic E-state index is 0.389. The van der Waals surface area contributed by atoms with Gasteiger partial charge in [-0.25, -0.2) is 0 Å². The van der Waals surface area contributed by atoms with E-state index in [0.29, 0.717) is 6.04 Å². The summed E-state index contributed by atoms with van der Waals surface area (Å²) < 4.78 is 0. The lowest BCUT2D eigenvalue weighted by molar-refractivity contribution is 0.522. The van der Waals surface area contributed by atoms with Crippen LogP contribution in [-0.4, -0.2) is 4.98 Å². The molecule has 2 nitrogen and oxygen atoms in total. The molecule has 1 aliphatic carbocycles. The maximum Gasteiger partial charge on any atom is 0.0605 e. The van der Waals surface area contributed by atoms with E-state index in [9.17, 15) is 0 Å². The van der Waals surface area contributed by atoms with E-state index in [0.717, 1.165) is 19.4 Å². The first-order valence-corrected chi connectivity index (χ1v) is 7.55. The smallest absolute Gasteiger partial charge is 0.0605 e. The van der Waals surface area contributed by atoms with E-state index >= 15 is 0 Å². The molecule has 0 saturated heterocycles. The third-order valence-corrected chi connectivity index (χ3v) is 4.38. The summed E-state index contributed by atoms with van der Waals surface area (Å²) in [5.74, 6) is 0. The molecule has 1 aliphatic rings. The van der Waals surface area contributed by atoms with E-state index in [-0.39, 0.29) is 0 Å². The van der Waals surface area contributed by atoms with Gasteiger partial charge in [-0.3, -0.25) is 4.98 Å². The van der Waals surface area contributed by atoms with Gasteiger partial charge in [-0.05, 0) is 40.8 Å². The molecule has 1 aromatic heterocycles. The molecular formula is C19H18N2. The van der Waals surface area contributed by atoms with Crippen LogP contribution in [0.5, 0.6) is 0 Å². The molecule has 0 fully saturated rings. The van der Waals surface area contributed by atoms with Crippen LogP contribution in [0.1, 0.15) is 29.3 Å². The maximum absolute atomic E-state index is 4.55. The first-order valence-electron chi connectivity index (χ1n) is 7.55. The molecular weight excluding hydrogens is 256 g/mol. The van der Waals surface area contributed by atoms with Gasteiger partial charge < -0.3 is 5.32 Å². The third kappa shape index (κ3) is 2.32. The number of aryl methyl sites for hydroxylation is 1. The maximum atomic E-state index is 4.55. The monoisotopic (exact) mass is 274 g/mol. The summed E-state index contributed by atoms with van der Waals surface area (Å²) in [5, 5.41) is 6.33. The summed E-state index contributed by atoms with van der Waals surface area (Å²) in [6.07, 6.45) is 4.18. The standard InChI is InChI=1S/C19H18N2/c1-2-9-17-14(5-1)6-3-7-16(17)13-21-18-11-10-15-8-4-12-20-19(15)18/h1-9,12,18,21H,10-11,13H2. The topological polar surface area (TPSA) is 24.9 Å². The Bertz CT molecular complexity index is 774. The van der Waals surface area contributed by atoms with E-state index in [1.165, 1.54) is 27.6 Å². The molecule has 2 heteroatoms. The Kier molecular flexibility index (Phi) is 3.17. The van der Waals surface area contributed by atoms with Gasteiger partial charge in [0.15, 0.2) is 0 Å². The van der Waals surface area contributed by atoms with Crippen LogP contribution < -0.4 is 5.32 Å². The zero-order chi connectivity index (χ0) is 14.1. The van der Waals surface area contributed by atoms with E-state index in [2.05, 4.69) is 58.8 Å². The van der Waals surface area contributed by atoms with Crippen molar-refractivity contribution in [3.63, 3.8) is 0 Å². The van der Waals surface area contributed by atoms with Crippen molar-refractivity contribution in [3.8, 4) is 0 Å². The minimum Gasteiger partial charge on any atom is -0.304 e. The van der Waals surface area contributed by atoms with E-state index in [1.54, 1.807) is 0 Å². The zero-order valence-corrected chi connectivity index (χ0v) is 11.9. The second-order valence-corrected chi connectivity index (χ2v) is 5.66. The summed E-state index contributed by atoms with van der Waals surface area (Å²) in [7, 11) is 0. The molecule has 21 heavy (non-hydrogen) atoms. The van der Waals surface area contributed by atoms with Crippen LogP contribution in [0.4, 0.5) is 0 Å². The fourth-order valence-electron chi connectivity index (χ4n) is 3.29. The normalized spacial score (nSPS) is 17.0. The van der Waals surface area contributed by atoms with Gasteiger partial charge in [-0.1, -0.05) is 48.5 Å². The Morgan fingerprint density at radius 3 is 2.90 bits per heavy atom. The first-order chi connectivity index (χ1) is 10.4. The number of pyridine rings is 1. The number of benzene rings is 2. The summed E-state index contributed by atoms with van der Waals surface area (Å²) in [6, 6.07) is 19.7. The van der Waals surface area contributed by atoms with Crippen LogP contribution >= 0.6 is 0 Å². The lowest BCUT2D eigenvalue weighted by Gasteiger charge is -2.14. The van der Waals surface area contributed by atoms with Gasteiger partial charge in [-0.2, -0.15) is 0 Å². The number of nitrogens with one attached hydrogen (secondary N) is 1. The van der Waals surface area contributed by atoms with Crippen molar-refractivity contribution in [2.24, 2.45) is 0 Å². The largest absolute Gasteiger partial charge is 0.304 e. The van der Waals surface area contributed by atoms with Crippen LogP contribution in [-0.2, 0) is 13.0 Å². The SMILES string of the molecule is c1cnc2c(c1)CCC2NCc1cccc2ccccc12. The van der Waals surface area contributed by atoms with E-state index in [4.69, 9.17) is 0 Å². The summed E-state index contributed by atoms with van der Waals surface area (Å²) in [6.45, 7) is 0.891. The molecule has 4 rings (SSSR count). The van der Waals surface area contributed by atoms with Crippen LogP contribution in [0.25, 0.3) is 10.8 Å². The van der Waals surface area contributed by atoms with Crippen molar-refractivity contribution < 1.29 is 0 Å². The Morgan fingerprint density at radius 1 is 1.00 bits per heavy atom. The van der Waals surface area contributed by atoms with Gasteiger partial charge >= 0.3 is 0 Å². The number of rotatable bonds is 3. The van der Waals surface area contributed by atoms with Gasteiger partial charge in [-0.15, -0.1) is 0 Å². The van der Waals surface area contributed by atoms with Gasteiger partial charge in [0.2, 0.25) is 0 Å². The van der Waals surface area contributed by atoms with Gasteiger partial charge in [0.05, 0.1) is 11.7 Å². The van der Waals surface area contributed by atoms with Crippen LogP contribution in [0, 0.1) is 0 Å². The Hall–Kier alpha value is -2.19. The number of hydrogen-bond acceptors (Lipinski definition) is 2. The molecule has 0 aliphatic heterocycles. The van der Waals surface area contributed by atoms with Gasteiger partial charge in [0, 0.05) is 12.7 Å². The van der Waals surface area contributed by atoms with Crippen molar-refractivity contribution in [1.29, 1.82) is 0 Å². The predicted octanol–water partition coefficient (Wildman–Crippen LogP) is 4.01. The predicted molar refractivity (Wildman–Crippen MR) is 86.1 cm³/mol. The third-order valence-electron chi connectivity index (χ3n) is 4.38. The highest BCUT2D eigenvalue weighted by molar-refractivity contribution is 5.85. The highest BCUT2D eigenvalue weighted by Crippen LogP contribution is 2.29. The number of nitrogens with zero attached hydrogens (tertiary/aromatic N) is 1. The van der Waals surface area contributed by atoms with Crippen molar-refractivity contribution in [2.45, 2.75) is 25.4 Å². The average molecular weight is 274 g/mol. The molecule has 2 aromatic carbocycles. The average Bonchev–Trinajstić information content (AvgIpc) is 2.96. The van der Waals surface area contributed by atoms with Crippen molar-refractivity contribution in [3.05, 3.63) is 77.6 Å². The highest BCUT2D eigenvalue weighted by Gasteiger charge is 2.22. The molecule has 1 unspecified atom stereocenters. The summed E-state index contributed by atoms with van der Waals surface area (Å²) in [4.78, 5) is 4.55. The molecule has 0 bridgehead atoms. The number of hydrogen-bond donors (Lipinski definition) is 1. The second-order valence-electron chi connectivity index (χ2n) is 5.66. The molecule has 3 aromatic rings. The summed E-state index contributed by atoms with van der Waals surface area (Å²) in [5.41, 5.74) is 3.99. The molecule has 0 radical (unpaired) electrons. The fourth-order valence-corrected chi connectivity index (χ4v) is 3.29. The van der Waals surface area contributed by atoms with Crippen molar-refractivity contribution in [1.82, 2.24) is 10.3 Å². The highest BCUT2D eigenvalue weighted by atomic mass is 14.9. The van der Waals surface area contributed by atoms with E-state index < -0.39 is 0 Å². The minimum absolute atomic E-state index is 0.389. The Morgan fingerprint density at radius 2 is 1.90 bits per heavy atom. The Labute approximate surface area is 124 Å². The van der Waals surface area contributed by atoms with Gasteiger partial charge in [0.25, 0.3) is 0 Å². The first kappa shape index (κ1) is 12.5. The van der Waals surface area contributed by atoms with Crippen LogP contribution in [0.15, 0.2) is 60.8 Å². The quantitative estimate of drug-likeness (QED) is 0.780. The second kappa shape index (κ2) is 5.30. The van der Waals surface area contributed by atoms with E-state index in [1.807, 2.05) is 12.3 Å². The van der Waals surface area contributed by atoms with Crippen LogP contribution in [0.3, 0.4) is 0 Å². The molecule has 104 valence electrons. The molecule has 0 saturated carbocycles. The van der Waals surface area contributed by atoms with Crippen molar-refractivity contribution >= 4 is 10.8 Å².